The van der Waals surface area contributed by atoms with Gasteiger partial charge >= 0.3 is 0 Å². The number of aryl methyl sites for hydroxylation is 1. The molecule has 3 rings (SSSR count). The van der Waals surface area contributed by atoms with Crippen LogP contribution in [0.25, 0.3) is 16.9 Å². The van der Waals surface area contributed by atoms with Crippen LogP contribution >= 0.6 is 0 Å². The molecular formula is C15H12FN3O. The number of fused-ring (bicyclic) bond motifs is 1. The molecule has 0 saturated heterocycles. The quantitative estimate of drug-likeness (QED) is 0.441. The number of pyridine rings is 1. The Bertz CT molecular complexity index is 791. The van der Waals surface area contributed by atoms with Crippen LogP contribution in [0.15, 0.2) is 47.8 Å². The normalized spacial score (nSPS) is 11.5. The fourth-order valence-electron chi connectivity index (χ4n) is 2.22. The highest BCUT2D eigenvalue weighted by atomic mass is 19.1. The number of hydrogen-bond donors (Lipinski definition) is 1. The van der Waals surface area contributed by atoms with Crippen LogP contribution in [-0.4, -0.2) is 20.8 Å². The highest BCUT2D eigenvalue weighted by molar-refractivity contribution is 5.89. The third kappa shape index (κ3) is 1.93. The van der Waals surface area contributed by atoms with E-state index >= 15 is 0 Å². The van der Waals surface area contributed by atoms with Gasteiger partial charge < -0.3 is 5.21 Å². The zero-order valence-corrected chi connectivity index (χ0v) is 10.8. The van der Waals surface area contributed by atoms with Gasteiger partial charge in [0.15, 0.2) is 0 Å². The largest absolute Gasteiger partial charge is 0.411 e. The molecule has 2 aromatic heterocycles. The van der Waals surface area contributed by atoms with Crippen molar-refractivity contribution in [3.63, 3.8) is 0 Å². The van der Waals surface area contributed by atoms with E-state index in [1.807, 2.05) is 29.7 Å². The van der Waals surface area contributed by atoms with Crippen LogP contribution in [-0.2, 0) is 0 Å². The molecule has 5 heteroatoms. The minimum atomic E-state index is -0.300. The van der Waals surface area contributed by atoms with Gasteiger partial charge in [-0.3, -0.25) is 4.40 Å². The number of oxime groups is 1. The number of hydrogen-bond acceptors (Lipinski definition) is 3. The third-order valence-corrected chi connectivity index (χ3v) is 3.18. The zero-order chi connectivity index (χ0) is 14.1. The van der Waals surface area contributed by atoms with Crippen LogP contribution < -0.4 is 0 Å². The van der Waals surface area contributed by atoms with Gasteiger partial charge in [-0.05, 0) is 42.8 Å². The molecular weight excluding hydrogens is 257 g/mol. The Labute approximate surface area is 114 Å². The van der Waals surface area contributed by atoms with E-state index in [-0.39, 0.29) is 5.82 Å². The van der Waals surface area contributed by atoms with Crippen molar-refractivity contribution in [3.8, 4) is 11.3 Å². The molecule has 0 aliphatic rings. The summed E-state index contributed by atoms with van der Waals surface area (Å²) in [4.78, 5) is 4.57. The molecule has 4 nitrogen and oxygen atoms in total. The molecule has 0 aliphatic carbocycles. The zero-order valence-electron chi connectivity index (χ0n) is 10.8. The third-order valence-electron chi connectivity index (χ3n) is 3.18. The van der Waals surface area contributed by atoms with E-state index < -0.39 is 0 Å². The van der Waals surface area contributed by atoms with E-state index in [1.54, 1.807) is 12.1 Å². The fraction of sp³-hybridized carbons (Fsp3) is 0.0667. The van der Waals surface area contributed by atoms with Gasteiger partial charge in [0, 0.05) is 11.8 Å². The Hall–Kier alpha value is -2.69. The minimum absolute atomic E-state index is 0.300. The number of nitrogens with zero attached hydrogens (tertiary/aromatic N) is 3. The van der Waals surface area contributed by atoms with E-state index in [0.29, 0.717) is 11.4 Å². The Balaban J connectivity index is 2.31. The lowest BCUT2D eigenvalue weighted by atomic mass is 10.1. The van der Waals surface area contributed by atoms with E-state index in [4.69, 9.17) is 5.21 Å². The summed E-state index contributed by atoms with van der Waals surface area (Å²) in [6.45, 7) is 1.96. The van der Waals surface area contributed by atoms with E-state index in [0.717, 1.165) is 16.8 Å². The maximum absolute atomic E-state index is 13.0. The van der Waals surface area contributed by atoms with Crippen molar-refractivity contribution in [1.29, 1.82) is 0 Å². The molecule has 0 saturated carbocycles. The lowest BCUT2D eigenvalue weighted by Crippen LogP contribution is -1.93. The van der Waals surface area contributed by atoms with Gasteiger partial charge in [0.1, 0.15) is 11.5 Å². The Morgan fingerprint density at radius 1 is 1.25 bits per heavy atom. The molecule has 0 bridgehead atoms. The second-order valence-corrected chi connectivity index (χ2v) is 4.48. The first-order valence-electron chi connectivity index (χ1n) is 6.12. The first-order valence-corrected chi connectivity index (χ1v) is 6.12. The van der Waals surface area contributed by atoms with Gasteiger partial charge in [0.2, 0.25) is 0 Å². The van der Waals surface area contributed by atoms with Crippen molar-refractivity contribution in [2.75, 3.05) is 0 Å². The predicted octanol–water partition coefficient (Wildman–Crippen LogP) is 3.26. The molecule has 2 heterocycles. The van der Waals surface area contributed by atoms with Gasteiger partial charge in [0.05, 0.1) is 17.6 Å². The molecule has 0 spiro atoms. The standard InChI is InChI=1S/C15H12FN3O/c1-10-3-2-8-19-13(9-17-20)14(18-15(10)19)11-4-6-12(16)7-5-11/h2-9,20H,1H3/b17-9+. The topological polar surface area (TPSA) is 49.9 Å². The first-order chi connectivity index (χ1) is 9.70. The van der Waals surface area contributed by atoms with Crippen molar-refractivity contribution >= 4 is 11.9 Å². The van der Waals surface area contributed by atoms with Crippen molar-refractivity contribution in [3.05, 3.63) is 59.7 Å². The molecule has 0 aliphatic heterocycles. The van der Waals surface area contributed by atoms with Crippen LogP contribution in [0, 0.1) is 12.7 Å². The summed E-state index contributed by atoms with van der Waals surface area (Å²) in [6, 6.07) is 9.92. The van der Waals surface area contributed by atoms with E-state index in [2.05, 4.69) is 10.1 Å². The molecule has 3 aromatic rings. The highest BCUT2D eigenvalue weighted by Gasteiger charge is 2.13. The first kappa shape index (κ1) is 12.3. The average molecular weight is 269 g/mol. The summed E-state index contributed by atoms with van der Waals surface area (Å²) in [5.41, 5.74) is 3.86. The molecule has 0 fully saturated rings. The second-order valence-electron chi connectivity index (χ2n) is 4.48. The van der Waals surface area contributed by atoms with Gasteiger partial charge in [-0.15, -0.1) is 0 Å². The molecule has 20 heavy (non-hydrogen) atoms. The molecule has 100 valence electrons. The summed E-state index contributed by atoms with van der Waals surface area (Å²) in [6.07, 6.45) is 3.18. The van der Waals surface area contributed by atoms with Gasteiger partial charge in [-0.2, -0.15) is 0 Å². The minimum Gasteiger partial charge on any atom is -0.411 e. The average Bonchev–Trinajstić information content (AvgIpc) is 2.81. The summed E-state index contributed by atoms with van der Waals surface area (Å²) in [5, 5.41) is 12.0. The van der Waals surface area contributed by atoms with Crippen LogP contribution in [0.5, 0.6) is 0 Å². The van der Waals surface area contributed by atoms with Gasteiger partial charge in [-0.1, -0.05) is 11.2 Å². The molecule has 0 atom stereocenters. The van der Waals surface area contributed by atoms with Crippen molar-refractivity contribution < 1.29 is 9.60 Å². The lowest BCUT2D eigenvalue weighted by Gasteiger charge is -2.00. The molecule has 1 N–H and O–H groups in total. The molecule has 0 amide bonds. The SMILES string of the molecule is Cc1cccn2c(/C=N/O)c(-c3ccc(F)cc3)nc12. The fourth-order valence-corrected chi connectivity index (χ4v) is 2.22. The second kappa shape index (κ2) is 4.77. The number of imidazole rings is 1. The summed E-state index contributed by atoms with van der Waals surface area (Å²) >= 11 is 0. The Kier molecular flexibility index (Phi) is 2.95. The van der Waals surface area contributed by atoms with E-state index in [1.165, 1.54) is 18.3 Å². The summed E-state index contributed by atoms with van der Waals surface area (Å²) < 4.78 is 14.9. The van der Waals surface area contributed by atoms with Crippen LogP contribution in [0.3, 0.4) is 0 Å². The highest BCUT2D eigenvalue weighted by Crippen LogP contribution is 2.24. The van der Waals surface area contributed by atoms with Crippen LogP contribution in [0.1, 0.15) is 11.3 Å². The van der Waals surface area contributed by atoms with Crippen LogP contribution in [0.4, 0.5) is 4.39 Å². The monoisotopic (exact) mass is 269 g/mol. The maximum Gasteiger partial charge on any atom is 0.140 e. The number of rotatable bonds is 2. The van der Waals surface area contributed by atoms with E-state index in [9.17, 15) is 4.39 Å². The molecule has 0 radical (unpaired) electrons. The maximum atomic E-state index is 13.0. The van der Waals surface area contributed by atoms with Crippen molar-refractivity contribution in [2.24, 2.45) is 5.16 Å². The van der Waals surface area contributed by atoms with Gasteiger partial charge in [0.25, 0.3) is 0 Å². The summed E-state index contributed by atoms with van der Waals surface area (Å²) in [7, 11) is 0. The van der Waals surface area contributed by atoms with Crippen molar-refractivity contribution in [1.82, 2.24) is 9.38 Å². The van der Waals surface area contributed by atoms with Gasteiger partial charge in [-0.25, -0.2) is 9.37 Å². The Morgan fingerprint density at radius 2 is 2.00 bits per heavy atom. The lowest BCUT2D eigenvalue weighted by molar-refractivity contribution is 0.321. The smallest absolute Gasteiger partial charge is 0.140 e. The number of halogens is 1. The summed E-state index contributed by atoms with van der Waals surface area (Å²) in [5.74, 6) is -0.300. The number of benzene rings is 1. The molecule has 1 aromatic carbocycles. The van der Waals surface area contributed by atoms with Crippen molar-refractivity contribution in [2.45, 2.75) is 6.92 Å². The number of aromatic nitrogens is 2. The Morgan fingerprint density at radius 3 is 2.70 bits per heavy atom. The van der Waals surface area contributed by atoms with Crippen LogP contribution in [0.2, 0.25) is 0 Å². The predicted molar refractivity (Wildman–Crippen MR) is 74.7 cm³/mol. The molecule has 0 unspecified atom stereocenters.